The van der Waals surface area contributed by atoms with E-state index in [2.05, 4.69) is 4.98 Å². The van der Waals surface area contributed by atoms with Gasteiger partial charge >= 0.3 is 0 Å². The molecular formula is C10H12N2O3S. The summed E-state index contributed by atoms with van der Waals surface area (Å²) in [5, 5.41) is 0.220. The number of nitrogen functional groups attached to an aromatic ring is 1. The molecule has 0 saturated carbocycles. The summed E-state index contributed by atoms with van der Waals surface area (Å²) in [6.07, 6.45) is 0. The number of hydrogen-bond donors (Lipinski definition) is 1. The summed E-state index contributed by atoms with van der Waals surface area (Å²) < 4.78 is 21.9. The lowest BCUT2D eigenvalue weighted by Crippen LogP contribution is -2.04. The SMILES string of the molecule is COCCS(=O)c1nc2ccc(N)cc2o1. The van der Waals surface area contributed by atoms with E-state index in [9.17, 15) is 4.21 Å². The van der Waals surface area contributed by atoms with E-state index >= 15 is 0 Å². The van der Waals surface area contributed by atoms with Gasteiger partial charge in [0.15, 0.2) is 5.58 Å². The fourth-order valence-corrected chi connectivity index (χ4v) is 2.14. The number of aromatic nitrogens is 1. The molecule has 0 fully saturated rings. The maximum atomic E-state index is 11.7. The zero-order chi connectivity index (χ0) is 11.5. The molecule has 0 bridgehead atoms. The first-order valence-electron chi connectivity index (χ1n) is 4.74. The molecule has 2 N–H and O–H groups in total. The minimum absolute atomic E-state index is 0.220. The van der Waals surface area contributed by atoms with Crippen molar-refractivity contribution in [3.63, 3.8) is 0 Å². The zero-order valence-corrected chi connectivity index (χ0v) is 9.62. The first-order chi connectivity index (χ1) is 7.70. The van der Waals surface area contributed by atoms with Gasteiger partial charge in [-0.25, -0.2) is 9.19 Å². The maximum absolute atomic E-state index is 11.7. The minimum atomic E-state index is -1.27. The number of nitrogens with zero attached hydrogens (tertiary/aromatic N) is 1. The second kappa shape index (κ2) is 4.63. The van der Waals surface area contributed by atoms with Gasteiger partial charge in [-0.2, -0.15) is 0 Å². The van der Waals surface area contributed by atoms with Gasteiger partial charge in [0.1, 0.15) is 16.3 Å². The third kappa shape index (κ3) is 2.23. The Morgan fingerprint density at radius 1 is 1.56 bits per heavy atom. The van der Waals surface area contributed by atoms with Crippen LogP contribution in [0.25, 0.3) is 11.1 Å². The van der Waals surface area contributed by atoms with E-state index in [0.29, 0.717) is 29.1 Å². The zero-order valence-electron chi connectivity index (χ0n) is 8.80. The molecule has 1 heterocycles. The average molecular weight is 240 g/mol. The van der Waals surface area contributed by atoms with Crippen molar-refractivity contribution >= 4 is 27.6 Å². The van der Waals surface area contributed by atoms with Gasteiger partial charge in [0, 0.05) is 18.9 Å². The number of rotatable bonds is 4. The van der Waals surface area contributed by atoms with Gasteiger partial charge in [0.25, 0.3) is 5.22 Å². The molecule has 6 heteroatoms. The molecule has 2 rings (SSSR count). The molecule has 0 aliphatic rings. The van der Waals surface area contributed by atoms with E-state index in [-0.39, 0.29) is 5.22 Å². The Morgan fingerprint density at radius 3 is 3.12 bits per heavy atom. The number of anilines is 1. The number of hydrogen-bond acceptors (Lipinski definition) is 5. The molecule has 1 aromatic carbocycles. The Morgan fingerprint density at radius 2 is 2.38 bits per heavy atom. The first-order valence-corrected chi connectivity index (χ1v) is 6.06. The van der Waals surface area contributed by atoms with Gasteiger partial charge in [-0.15, -0.1) is 0 Å². The quantitative estimate of drug-likeness (QED) is 0.811. The fraction of sp³-hybridized carbons (Fsp3) is 0.300. The van der Waals surface area contributed by atoms with E-state index in [4.69, 9.17) is 14.9 Å². The number of ether oxygens (including phenoxy) is 1. The van der Waals surface area contributed by atoms with Crippen molar-refractivity contribution in [3.05, 3.63) is 18.2 Å². The largest absolute Gasteiger partial charge is 0.430 e. The van der Waals surface area contributed by atoms with Crippen molar-refractivity contribution in [3.8, 4) is 0 Å². The lowest BCUT2D eigenvalue weighted by Gasteiger charge is -1.94. The van der Waals surface area contributed by atoms with E-state index in [1.807, 2.05) is 0 Å². The molecule has 0 aliphatic carbocycles. The summed E-state index contributed by atoms with van der Waals surface area (Å²) in [6.45, 7) is 0.410. The fourth-order valence-electron chi connectivity index (χ4n) is 1.26. The van der Waals surface area contributed by atoms with Crippen LogP contribution in [0.3, 0.4) is 0 Å². The van der Waals surface area contributed by atoms with Gasteiger partial charge in [-0.05, 0) is 12.1 Å². The van der Waals surface area contributed by atoms with Crippen LogP contribution < -0.4 is 5.73 Å². The van der Waals surface area contributed by atoms with Crippen molar-refractivity contribution < 1.29 is 13.4 Å². The smallest absolute Gasteiger partial charge is 0.288 e. The average Bonchev–Trinajstić information content (AvgIpc) is 2.68. The lowest BCUT2D eigenvalue weighted by atomic mass is 10.3. The van der Waals surface area contributed by atoms with Gasteiger partial charge in [0.2, 0.25) is 0 Å². The molecule has 0 spiro atoms. The molecule has 1 unspecified atom stereocenters. The van der Waals surface area contributed by atoms with Crippen LogP contribution in [-0.2, 0) is 15.5 Å². The Bertz CT molecular complexity index is 524. The van der Waals surface area contributed by atoms with Crippen molar-refractivity contribution in [2.24, 2.45) is 0 Å². The molecule has 86 valence electrons. The summed E-state index contributed by atoms with van der Waals surface area (Å²) in [5.74, 6) is 0.374. The standard InChI is InChI=1S/C10H12N2O3S/c1-14-4-5-16(13)10-12-8-3-2-7(11)6-9(8)15-10/h2-3,6H,4-5,11H2,1H3. The van der Waals surface area contributed by atoms with E-state index in [1.165, 1.54) is 0 Å². The Kier molecular flexibility index (Phi) is 3.21. The van der Waals surface area contributed by atoms with Crippen molar-refractivity contribution in [1.82, 2.24) is 4.98 Å². The Hall–Kier alpha value is -1.40. The van der Waals surface area contributed by atoms with Gasteiger partial charge in [-0.1, -0.05) is 0 Å². The monoisotopic (exact) mass is 240 g/mol. The molecule has 5 nitrogen and oxygen atoms in total. The predicted molar refractivity (Wildman–Crippen MR) is 61.6 cm³/mol. The van der Waals surface area contributed by atoms with Crippen molar-refractivity contribution in [1.29, 1.82) is 0 Å². The molecular weight excluding hydrogens is 228 g/mol. The van der Waals surface area contributed by atoms with E-state index in [1.54, 1.807) is 25.3 Å². The Balaban J connectivity index is 2.28. The van der Waals surface area contributed by atoms with Crippen LogP contribution >= 0.6 is 0 Å². The van der Waals surface area contributed by atoms with Crippen LogP contribution in [-0.4, -0.2) is 28.7 Å². The van der Waals surface area contributed by atoms with Crippen LogP contribution in [0.1, 0.15) is 0 Å². The number of methoxy groups -OCH3 is 1. The molecule has 0 radical (unpaired) electrons. The van der Waals surface area contributed by atoms with Crippen molar-refractivity contribution in [2.75, 3.05) is 25.2 Å². The number of nitrogens with two attached hydrogens (primary N) is 1. The lowest BCUT2D eigenvalue weighted by molar-refractivity contribution is 0.217. The summed E-state index contributed by atoms with van der Waals surface area (Å²) in [7, 11) is 0.293. The second-order valence-electron chi connectivity index (χ2n) is 3.25. The summed E-state index contributed by atoms with van der Waals surface area (Å²) in [6, 6.07) is 5.14. The van der Waals surface area contributed by atoms with Crippen LogP contribution in [0, 0.1) is 0 Å². The Labute approximate surface area is 95.0 Å². The molecule has 0 saturated heterocycles. The molecule has 1 atom stereocenters. The minimum Gasteiger partial charge on any atom is -0.430 e. The topological polar surface area (TPSA) is 78.3 Å². The number of oxazole rings is 1. The van der Waals surface area contributed by atoms with E-state index < -0.39 is 10.8 Å². The number of benzene rings is 1. The highest BCUT2D eigenvalue weighted by Gasteiger charge is 2.12. The second-order valence-corrected chi connectivity index (χ2v) is 4.70. The molecule has 0 amide bonds. The summed E-state index contributed by atoms with van der Waals surface area (Å²) in [4.78, 5) is 4.13. The van der Waals surface area contributed by atoms with Gasteiger partial charge in [-0.3, -0.25) is 0 Å². The summed E-state index contributed by atoms with van der Waals surface area (Å²) in [5.41, 5.74) is 7.42. The van der Waals surface area contributed by atoms with Gasteiger partial charge in [0.05, 0.1) is 12.4 Å². The normalized spacial score (nSPS) is 13.1. The summed E-state index contributed by atoms with van der Waals surface area (Å²) >= 11 is 0. The highest BCUT2D eigenvalue weighted by Crippen LogP contribution is 2.20. The van der Waals surface area contributed by atoms with Crippen LogP contribution in [0.2, 0.25) is 0 Å². The third-order valence-electron chi connectivity index (χ3n) is 2.06. The first kappa shape index (κ1) is 11.1. The van der Waals surface area contributed by atoms with Crippen LogP contribution in [0.4, 0.5) is 5.69 Å². The number of fused-ring (bicyclic) bond motifs is 1. The predicted octanol–water partition coefficient (Wildman–Crippen LogP) is 1.16. The van der Waals surface area contributed by atoms with Crippen LogP contribution in [0.5, 0.6) is 0 Å². The highest BCUT2D eigenvalue weighted by molar-refractivity contribution is 7.84. The molecule has 16 heavy (non-hydrogen) atoms. The maximum Gasteiger partial charge on any atom is 0.288 e. The van der Waals surface area contributed by atoms with Crippen LogP contribution in [0.15, 0.2) is 27.8 Å². The third-order valence-corrected chi connectivity index (χ3v) is 3.16. The molecule has 2 aromatic rings. The van der Waals surface area contributed by atoms with Crippen molar-refractivity contribution in [2.45, 2.75) is 5.22 Å². The molecule has 1 aromatic heterocycles. The highest BCUT2D eigenvalue weighted by atomic mass is 32.2. The van der Waals surface area contributed by atoms with Gasteiger partial charge < -0.3 is 14.9 Å². The van der Waals surface area contributed by atoms with E-state index in [0.717, 1.165) is 0 Å². The molecule has 0 aliphatic heterocycles.